The number of aromatic nitrogens is 2. The molecule has 1 heterocycles. The highest BCUT2D eigenvalue weighted by Gasteiger charge is 2.18. The molecular weight excluding hydrogens is 321 g/mol. The van der Waals surface area contributed by atoms with Crippen molar-refractivity contribution in [3.05, 3.63) is 35.5 Å². The molecule has 0 fully saturated rings. The van der Waals surface area contributed by atoms with Crippen LogP contribution in [-0.4, -0.2) is 48.6 Å². The van der Waals surface area contributed by atoms with Gasteiger partial charge in [-0.25, -0.2) is 12.8 Å². The lowest BCUT2D eigenvalue weighted by atomic mass is 10.1. The summed E-state index contributed by atoms with van der Waals surface area (Å²) in [7, 11) is -1.27. The van der Waals surface area contributed by atoms with Crippen LogP contribution in [0, 0.1) is 12.7 Å². The van der Waals surface area contributed by atoms with Crippen LogP contribution in [0.25, 0.3) is 11.4 Å². The first-order chi connectivity index (χ1) is 10.7. The number of rotatable bonds is 6. The van der Waals surface area contributed by atoms with E-state index in [0.29, 0.717) is 29.4 Å². The summed E-state index contributed by atoms with van der Waals surface area (Å²) in [5.74, 6) is 0.382. The molecule has 1 atom stereocenters. The van der Waals surface area contributed by atoms with Crippen molar-refractivity contribution in [2.45, 2.75) is 26.4 Å². The highest BCUT2D eigenvalue weighted by Crippen LogP contribution is 2.19. The Morgan fingerprint density at radius 2 is 2.09 bits per heavy atom. The minimum absolute atomic E-state index is 0.0493. The molecule has 8 heteroatoms. The second-order valence-electron chi connectivity index (χ2n) is 5.83. The van der Waals surface area contributed by atoms with E-state index in [4.69, 9.17) is 4.52 Å². The molecule has 6 nitrogen and oxygen atoms in total. The average molecular weight is 341 g/mol. The molecule has 1 aromatic carbocycles. The lowest BCUT2D eigenvalue weighted by molar-refractivity contribution is 0.227. The zero-order valence-electron chi connectivity index (χ0n) is 13.6. The van der Waals surface area contributed by atoms with E-state index in [2.05, 4.69) is 10.1 Å². The van der Waals surface area contributed by atoms with Gasteiger partial charge in [0.1, 0.15) is 15.7 Å². The smallest absolute Gasteiger partial charge is 0.241 e. The van der Waals surface area contributed by atoms with Gasteiger partial charge < -0.3 is 4.52 Å². The molecule has 1 unspecified atom stereocenters. The lowest BCUT2D eigenvalue weighted by Crippen LogP contribution is -2.34. The van der Waals surface area contributed by atoms with Crippen molar-refractivity contribution in [2.24, 2.45) is 0 Å². The molecule has 0 aliphatic carbocycles. The van der Waals surface area contributed by atoms with Crippen LogP contribution in [0.5, 0.6) is 0 Å². The molecule has 2 rings (SSSR count). The largest absolute Gasteiger partial charge is 0.338 e. The second kappa shape index (κ2) is 6.76. The Bertz CT molecular complexity index is 789. The Labute approximate surface area is 135 Å². The van der Waals surface area contributed by atoms with Gasteiger partial charge in [0.15, 0.2) is 0 Å². The monoisotopic (exact) mass is 341 g/mol. The Morgan fingerprint density at radius 1 is 1.39 bits per heavy atom. The number of benzene rings is 1. The van der Waals surface area contributed by atoms with Gasteiger partial charge in [0.25, 0.3) is 0 Å². The summed E-state index contributed by atoms with van der Waals surface area (Å²) in [5.41, 5.74) is 1.08. The number of aryl methyl sites for hydroxylation is 1. The highest BCUT2D eigenvalue weighted by atomic mass is 32.2. The van der Waals surface area contributed by atoms with Gasteiger partial charge in [0.05, 0.1) is 12.3 Å². The molecule has 0 bridgehead atoms. The summed E-state index contributed by atoms with van der Waals surface area (Å²) in [6.45, 7) is 3.81. The second-order valence-corrected chi connectivity index (χ2v) is 8.02. The normalized spacial score (nSPS) is 13.5. The predicted molar refractivity (Wildman–Crippen MR) is 85.1 cm³/mol. The Morgan fingerprint density at radius 3 is 2.70 bits per heavy atom. The fourth-order valence-electron chi connectivity index (χ4n) is 2.10. The first kappa shape index (κ1) is 17.6. The molecular formula is C15H20FN3O3S. The fraction of sp³-hybridized carbons (Fsp3) is 0.467. The summed E-state index contributed by atoms with van der Waals surface area (Å²) in [6.07, 6.45) is 1.20. The fourth-order valence-corrected chi connectivity index (χ4v) is 3.23. The van der Waals surface area contributed by atoms with E-state index in [1.165, 1.54) is 12.3 Å². The molecule has 0 saturated heterocycles. The maximum Gasteiger partial charge on any atom is 0.241 e. The number of halogens is 1. The topological polar surface area (TPSA) is 76.3 Å². The van der Waals surface area contributed by atoms with E-state index in [1.54, 1.807) is 26.1 Å². The third kappa shape index (κ3) is 4.84. The van der Waals surface area contributed by atoms with Crippen molar-refractivity contribution < 1.29 is 17.3 Å². The summed E-state index contributed by atoms with van der Waals surface area (Å²) < 4.78 is 41.4. The number of sulfone groups is 1. The molecule has 0 aliphatic heterocycles. The van der Waals surface area contributed by atoms with Crippen molar-refractivity contribution >= 4 is 9.84 Å². The minimum Gasteiger partial charge on any atom is -0.338 e. The molecule has 126 valence electrons. The first-order valence-corrected chi connectivity index (χ1v) is 9.19. The van der Waals surface area contributed by atoms with Crippen LogP contribution in [0.4, 0.5) is 4.39 Å². The molecule has 2 aromatic rings. The van der Waals surface area contributed by atoms with Gasteiger partial charge in [-0.15, -0.1) is 0 Å². The summed E-state index contributed by atoms with van der Waals surface area (Å²) >= 11 is 0. The van der Waals surface area contributed by atoms with Gasteiger partial charge >= 0.3 is 0 Å². The highest BCUT2D eigenvalue weighted by molar-refractivity contribution is 7.90. The van der Waals surface area contributed by atoms with E-state index in [0.717, 1.165) is 0 Å². The molecule has 0 spiro atoms. The van der Waals surface area contributed by atoms with E-state index < -0.39 is 9.84 Å². The van der Waals surface area contributed by atoms with Crippen LogP contribution < -0.4 is 0 Å². The predicted octanol–water partition coefficient (Wildman–Crippen LogP) is 2.05. The summed E-state index contributed by atoms with van der Waals surface area (Å²) in [4.78, 5) is 6.05. The van der Waals surface area contributed by atoms with Crippen molar-refractivity contribution in [1.82, 2.24) is 15.0 Å². The van der Waals surface area contributed by atoms with E-state index >= 15 is 0 Å². The van der Waals surface area contributed by atoms with Gasteiger partial charge in [-0.3, -0.25) is 4.90 Å². The Balaban J connectivity index is 2.08. The number of nitrogens with zero attached hydrogens (tertiary/aromatic N) is 3. The van der Waals surface area contributed by atoms with Gasteiger partial charge in [0, 0.05) is 17.9 Å². The van der Waals surface area contributed by atoms with Crippen LogP contribution in [-0.2, 0) is 16.4 Å². The van der Waals surface area contributed by atoms with Crippen molar-refractivity contribution in [3.8, 4) is 11.4 Å². The molecule has 0 saturated carbocycles. The maximum absolute atomic E-state index is 13.6. The van der Waals surface area contributed by atoms with Crippen LogP contribution in [0.1, 0.15) is 18.4 Å². The Hall–Kier alpha value is -1.80. The molecule has 0 amide bonds. The molecule has 23 heavy (non-hydrogen) atoms. The third-order valence-corrected chi connectivity index (χ3v) is 4.67. The van der Waals surface area contributed by atoms with Crippen LogP contribution in [0.2, 0.25) is 0 Å². The molecule has 0 aliphatic rings. The Kier molecular flexibility index (Phi) is 5.16. The van der Waals surface area contributed by atoms with Crippen LogP contribution in [0.3, 0.4) is 0 Å². The zero-order chi connectivity index (χ0) is 17.2. The quantitative estimate of drug-likeness (QED) is 0.800. The van der Waals surface area contributed by atoms with Crippen LogP contribution >= 0.6 is 0 Å². The van der Waals surface area contributed by atoms with Crippen molar-refractivity contribution in [3.63, 3.8) is 0 Å². The molecule has 0 N–H and O–H groups in total. The zero-order valence-corrected chi connectivity index (χ0v) is 14.4. The standard InChI is InChI=1S/C15H20FN3O3S/c1-10-5-6-12(7-13(10)16)15-17-14(22-18-15)8-19(3)11(2)9-23(4,20)21/h5-7,11H,8-9H2,1-4H3. The van der Waals surface area contributed by atoms with Gasteiger partial charge in [-0.05, 0) is 32.5 Å². The number of hydrogen-bond acceptors (Lipinski definition) is 6. The maximum atomic E-state index is 13.6. The number of hydrogen-bond donors (Lipinski definition) is 0. The van der Waals surface area contributed by atoms with Gasteiger partial charge in [-0.1, -0.05) is 17.3 Å². The van der Waals surface area contributed by atoms with Gasteiger partial charge in [0.2, 0.25) is 11.7 Å². The van der Waals surface area contributed by atoms with Crippen molar-refractivity contribution in [1.29, 1.82) is 0 Å². The van der Waals surface area contributed by atoms with Gasteiger partial charge in [-0.2, -0.15) is 4.98 Å². The first-order valence-electron chi connectivity index (χ1n) is 7.13. The van der Waals surface area contributed by atoms with Crippen molar-refractivity contribution in [2.75, 3.05) is 19.1 Å². The SMILES string of the molecule is Cc1ccc(-c2noc(CN(C)C(C)CS(C)(=O)=O)n2)cc1F. The van der Waals surface area contributed by atoms with E-state index in [-0.39, 0.29) is 17.6 Å². The summed E-state index contributed by atoms with van der Waals surface area (Å²) in [5, 5.41) is 3.85. The lowest BCUT2D eigenvalue weighted by Gasteiger charge is -2.21. The van der Waals surface area contributed by atoms with E-state index in [9.17, 15) is 12.8 Å². The van der Waals surface area contributed by atoms with E-state index in [1.807, 2.05) is 11.8 Å². The summed E-state index contributed by atoms with van der Waals surface area (Å²) in [6, 6.07) is 4.56. The molecule has 1 aromatic heterocycles. The van der Waals surface area contributed by atoms with Crippen LogP contribution in [0.15, 0.2) is 22.7 Å². The molecule has 0 radical (unpaired) electrons. The average Bonchev–Trinajstić information content (AvgIpc) is 2.88. The minimum atomic E-state index is -3.06. The third-order valence-electron chi connectivity index (χ3n) is 3.58.